The van der Waals surface area contributed by atoms with Gasteiger partial charge in [0.1, 0.15) is 0 Å². The Hall–Kier alpha value is -7.66. The van der Waals surface area contributed by atoms with Crippen molar-refractivity contribution in [3.8, 4) is 39.3 Å². The quantitative estimate of drug-likeness (QED) is 0.165. The summed E-state index contributed by atoms with van der Waals surface area (Å²) in [6.45, 7) is 13.8. The summed E-state index contributed by atoms with van der Waals surface area (Å²) >= 11 is 1.89. The van der Waals surface area contributed by atoms with Gasteiger partial charge in [-0.3, -0.25) is 0 Å². The van der Waals surface area contributed by atoms with Crippen LogP contribution in [0.15, 0.2) is 188 Å². The number of rotatable bonds is 4. The van der Waals surface area contributed by atoms with Gasteiger partial charge in [0.25, 0.3) is 0 Å². The lowest BCUT2D eigenvalue weighted by atomic mass is 9.85. The fourth-order valence-corrected chi connectivity index (χ4v) is 11.8. The Kier molecular flexibility index (Phi) is 8.91. The second kappa shape index (κ2) is 14.9. The molecular weight excluding hydrogens is 843 g/mol. The van der Waals surface area contributed by atoms with Crippen molar-refractivity contribution >= 4 is 96.4 Å². The molecule has 0 fully saturated rings. The van der Waals surface area contributed by atoms with Gasteiger partial charge in [-0.2, -0.15) is 0 Å². The summed E-state index contributed by atoms with van der Waals surface area (Å²) < 4.78 is 5.08. The first-order chi connectivity index (χ1) is 32.9. The Bertz CT molecular complexity index is 4130. The average Bonchev–Trinajstić information content (AvgIpc) is 3.90. The second-order valence-corrected chi connectivity index (χ2v) is 21.8. The lowest BCUT2D eigenvalue weighted by Gasteiger charge is -2.19. The zero-order chi connectivity index (χ0) is 46.1. The van der Waals surface area contributed by atoms with Crippen LogP contribution in [0.2, 0.25) is 0 Å². The fourth-order valence-electron chi connectivity index (χ4n) is 10.7. The van der Waals surface area contributed by atoms with E-state index in [9.17, 15) is 0 Å². The van der Waals surface area contributed by atoms with Gasteiger partial charge in [0.15, 0.2) is 5.82 Å². The molecule has 10 aromatic carbocycles. The SMILES string of the molecule is CC(C)(C)c1ccc2c(c1)c1cc(C(C)(C)C)ccc1n2-c1cc(-c2ccccc2)cc(-c2ncc(-c3ccc4c(c3)c3ccccc3c3cc5c(cc43)sc3ccc4ccccc4c35)cn2)c1. The van der Waals surface area contributed by atoms with Crippen LogP contribution in [0.3, 0.4) is 0 Å². The van der Waals surface area contributed by atoms with Crippen LogP contribution in [-0.2, 0) is 10.8 Å². The predicted molar refractivity (Wildman–Crippen MR) is 293 cm³/mol. The van der Waals surface area contributed by atoms with Crippen molar-refractivity contribution in [2.45, 2.75) is 52.4 Å². The highest BCUT2D eigenvalue weighted by Gasteiger charge is 2.22. The molecule has 0 atom stereocenters. The van der Waals surface area contributed by atoms with Gasteiger partial charge in [-0.1, -0.05) is 151 Å². The third-order valence-electron chi connectivity index (χ3n) is 14.3. The Morgan fingerprint density at radius 3 is 1.63 bits per heavy atom. The van der Waals surface area contributed by atoms with E-state index in [2.05, 4.69) is 222 Å². The van der Waals surface area contributed by atoms with Crippen LogP contribution >= 0.6 is 11.3 Å². The number of thiophene rings is 1. The van der Waals surface area contributed by atoms with Crippen molar-refractivity contribution in [2.24, 2.45) is 0 Å². The van der Waals surface area contributed by atoms with Crippen molar-refractivity contribution in [2.75, 3.05) is 0 Å². The van der Waals surface area contributed by atoms with Gasteiger partial charge in [0, 0.05) is 60.2 Å². The van der Waals surface area contributed by atoms with Crippen LogP contribution in [0.1, 0.15) is 52.7 Å². The van der Waals surface area contributed by atoms with Crippen LogP contribution in [0.5, 0.6) is 0 Å². The van der Waals surface area contributed by atoms with Crippen molar-refractivity contribution in [1.82, 2.24) is 14.5 Å². The zero-order valence-electron chi connectivity index (χ0n) is 39.1. The molecule has 326 valence electrons. The maximum absolute atomic E-state index is 5.13. The summed E-state index contributed by atoms with van der Waals surface area (Å²) in [6, 6.07) is 65.5. The normalized spacial score (nSPS) is 12.6. The first-order valence-corrected chi connectivity index (χ1v) is 24.5. The molecular formula is C64H49N3S. The number of nitrogens with zero attached hydrogens (tertiary/aromatic N) is 3. The molecule has 0 saturated carbocycles. The Morgan fingerprint density at radius 1 is 0.368 bits per heavy atom. The molecule has 0 bridgehead atoms. The van der Waals surface area contributed by atoms with E-state index in [0.717, 1.165) is 33.5 Å². The number of fused-ring (bicyclic) bond motifs is 14. The highest BCUT2D eigenvalue weighted by atomic mass is 32.1. The topological polar surface area (TPSA) is 30.7 Å². The monoisotopic (exact) mass is 891 g/mol. The molecule has 68 heavy (non-hydrogen) atoms. The average molecular weight is 892 g/mol. The van der Waals surface area contributed by atoms with E-state index >= 15 is 0 Å². The lowest BCUT2D eigenvalue weighted by Crippen LogP contribution is -2.10. The molecule has 0 aliphatic heterocycles. The van der Waals surface area contributed by atoms with E-state index in [1.165, 1.54) is 96.2 Å². The maximum Gasteiger partial charge on any atom is 0.159 e. The molecule has 0 aliphatic rings. The second-order valence-electron chi connectivity index (χ2n) is 20.7. The standard InChI is InChI=1S/C64H49N3S/c1-63(2,3)44-22-25-57-54(32-44)55-33-45(64(4,5)6)23-26-58(55)67(57)46-29-41(38-14-8-7-9-15-38)28-42(30-46)62-65-36-43(37-66-62)40-20-24-50-51(31-40)48-18-12-13-19-49(48)52-34-56-60(35-53(50)52)68-59-27-21-39-16-10-11-17-47(39)61(56)59/h7-37H,1-6H3. The number of benzene rings is 10. The van der Waals surface area contributed by atoms with Crippen LogP contribution in [-0.4, -0.2) is 14.5 Å². The predicted octanol–water partition coefficient (Wildman–Crippen LogP) is 18.2. The largest absolute Gasteiger partial charge is 0.309 e. The Labute approximate surface area is 400 Å². The summed E-state index contributed by atoms with van der Waals surface area (Å²) in [5.41, 5.74) is 11.5. The van der Waals surface area contributed by atoms with Crippen LogP contribution in [0.25, 0.3) is 124 Å². The van der Waals surface area contributed by atoms with Gasteiger partial charge in [0.2, 0.25) is 0 Å². The van der Waals surface area contributed by atoms with Crippen molar-refractivity contribution in [1.29, 1.82) is 0 Å². The van der Waals surface area contributed by atoms with Gasteiger partial charge >= 0.3 is 0 Å². The van der Waals surface area contributed by atoms with Gasteiger partial charge in [-0.15, -0.1) is 11.3 Å². The fraction of sp³-hybridized carbons (Fsp3) is 0.125. The molecule has 3 nitrogen and oxygen atoms in total. The molecule has 0 saturated heterocycles. The van der Waals surface area contributed by atoms with Crippen molar-refractivity contribution < 1.29 is 0 Å². The minimum atomic E-state index is 0.0204. The van der Waals surface area contributed by atoms with E-state index in [0.29, 0.717) is 5.82 Å². The van der Waals surface area contributed by atoms with Crippen molar-refractivity contribution in [3.05, 3.63) is 199 Å². The first-order valence-electron chi connectivity index (χ1n) is 23.7. The minimum Gasteiger partial charge on any atom is -0.309 e. The van der Waals surface area contributed by atoms with Gasteiger partial charge < -0.3 is 4.57 Å². The summed E-state index contributed by atoms with van der Waals surface area (Å²) in [5, 5.41) is 15.4. The molecule has 3 aromatic heterocycles. The Morgan fingerprint density at radius 2 is 0.956 bits per heavy atom. The third-order valence-corrected chi connectivity index (χ3v) is 15.5. The molecule has 0 spiro atoms. The molecule has 0 aliphatic carbocycles. The third kappa shape index (κ3) is 6.46. The number of aromatic nitrogens is 3. The van der Waals surface area contributed by atoms with E-state index in [4.69, 9.17) is 9.97 Å². The van der Waals surface area contributed by atoms with Gasteiger partial charge in [-0.05, 0) is 148 Å². The number of hydrogen-bond donors (Lipinski definition) is 0. The van der Waals surface area contributed by atoms with Gasteiger partial charge in [-0.25, -0.2) is 9.97 Å². The van der Waals surface area contributed by atoms with E-state index in [-0.39, 0.29) is 10.8 Å². The molecule has 0 radical (unpaired) electrons. The number of hydrogen-bond acceptors (Lipinski definition) is 3. The molecule has 0 unspecified atom stereocenters. The van der Waals surface area contributed by atoms with E-state index in [1.807, 2.05) is 23.7 Å². The van der Waals surface area contributed by atoms with Gasteiger partial charge in [0.05, 0.1) is 11.0 Å². The molecule has 13 rings (SSSR count). The smallest absolute Gasteiger partial charge is 0.159 e. The van der Waals surface area contributed by atoms with Crippen molar-refractivity contribution in [3.63, 3.8) is 0 Å². The summed E-state index contributed by atoms with van der Waals surface area (Å²) in [7, 11) is 0. The Balaban J connectivity index is 0.948. The first kappa shape index (κ1) is 40.6. The molecule has 0 N–H and O–H groups in total. The molecule has 3 heterocycles. The summed E-state index contributed by atoms with van der Waals surface area (Å²) in [5.74, 6) is 0.691. The molecule has 0 amide bonds. The molecule has 4 heteroatoms. The van der Waals surface area contributed by atoms with Crippen LogP contribution in [0, 0.1) is 0 Å². The summed E-state index contributed by atoms with van der Waals surface area (Å²) in [4.78, 5) is 10.3. The maximum atomic E-state index is 5.13. The van der Waals surface area contributed by atoms with E-state index in [1.54, 1.807) is 0 Å². The lowest BCUT2D eigenvalue weighted by molar-refractivity contribution is 0.590. The highest BCUT2D eigenvalue weighted by molar-refractivity contribution is 7.26. The van der Waals surface area contributed by atoms with Crippen LogP contribution in [0.4, 0.5) is 0 Å². The minimum absolute atomic E-state index is 0.0204. The zero-order valence-corrected chi connectivity index (χ0v) is 40.0. The van der Waals surface area contributed by atoms with Crippen LogP contribution < -0.4 is 0 Å². The van der Waals surface area contributed by atoms with E-state index < -0.39 is 0 Å². The molecule has 13 aromatic rings. The highest BCUT2D eigenvalue weighted by Crippen LogP contribution is 2.45. The summed E-state index contributed by atoms with van der Waals surface area (Å²) in [6.07, 6.45) is 3.99.